The monoisotopic (exact) mass is 317 g/mol. The average Bonchev–Trinajstić information content (AvgIpc) is 2.89. The molecular formula is C21H35NO. The van der Waals surface area contributed by atoms with E-state index in [2.05, 4.69) is 19.2 Å². The molecule has 4 aliphatic rings. The minimum atomic E-state index is 0.159. The number of amides is 1. The van der Waals surface area contributed by atoms with Crippen LogP contribution in [0.3, 0.4) is 0 Å². The zero-order valence-corrected chi connectivity index (χ0v) is 15.4. The fraction of sp³-hybridized carbons (Fsp3) is 0.952. The van der Waals surface area contributed by atoms with Crippen molar-refractivity contribution in [2.24, 2.45) is 34.5 Å². The van der Waals surface area contributed by atoms with Crippen molar-refractivity contribution in [2.45, 2.75) is 91.0 Å². The summed E-state index contributed by atoms with van der Waals surface area (Å²) in [4.78, 5) is 11.4. The predicted octanol–water partition coefficient (Wildman–Crippen LogP) is 4.92. The number of hydrogen-bond donors (Lipinski definition) is 1. The second-order valence-electron chi connectivity index (χ2n) is 9.91. The van der Waals surface area contributed by atoms with Gasteiger partial charge >= 0.3 is 0 Å². The first kappa shape index (κ1) is 16.0. The molecule has 0 aromatic rings. The third kappa shape index (κ3) is 2.46. The first-order valence-electron chi connectivity index (χ1n) is 10.2. The van der Waals surface area contributed by atoms with Crippen LogP contribution in [0.1, 0.15) is 85.0 Å². The zero-order valence-electron chi connectivity index (χ0n) is 15.4. The van der Waals surface area contributed by atoms with Crippen molar-refractivity contribution in [2.75, 3.05) is 0 Å². The Labute approximate surface area is 142 Å². The lowest BCUT2D eigenvalue weighted by Gasteiger charge is -2.60. The van der Waals surface area contributed by atoms with Crippen molar-refractivity contribution < 1.29 is 4.79 Å². The van der Waals surface area contributed by atoms with Gasteiger partial charge in [0.1, 0.15) is 0 Å². The Morgan fingerprint density at radius 2 is 1.78 bits per heavy atom. The Hall–Kier alpha value is -0.530. The highest BCUT2D eigenvalue weighted by Crippen LogP contribution is 2.66. The Kier molecular flexibility index (Phi) is 3.81. The Balaban J connectivity index is 1.53. The summed E-state index contributed by atoms with van der Waals surface area (Å²) in [5, 5.41) is 3.21. The van der Waals surface area contributed by atoms with Crippen LogP contribution in [0.25, 0.3) is 0 Å². The summed E-state index contributed by atoms with van der Waals surface area (Å²) in [6.07, 6.45) is 14.1. The number of hydrogen-bond acceptors (Lipinski definition) is 1. The molecule has 7 unspecified atom stereocenters. The molecular weight excluding hydrogens is 282 g/mol. The van der Waals surface area contributed by atoms with Gasteiger partial charge in [0, 0.05) is 13.0 Å². The van der Waals surface area contributed by atoms with Gasteiger partial charge in [-0.15, -0.1) is 0 Å². The molecule has 0 heterocycles. The van der Waals surface area contributed by atoms with Crippen LogP contribution in [-0.4, -0.2) is 11.9 Å². The van der Waals surface area contributed by atoms with E-state index in [1.165, 1.54) is 64.2 Å². The lowest BCUT2D eigenvalue weighted by Crippen LogP contribution is -2.54. The van der Waals surface area contributed by atoms with Crippen LogP contribution in [0, 0.1) is 34.5 Å². The lowest BCUT2D eigenvalue weighted by atomic mass is 9.45. The molecule has 4 saturated carbocycles. The largest absolute Gasteiger partial charge is 0.354 e. The molecule has 0 saturated heterocycles. The van der Waals surface area contributed by atoms with Gasteiger partial charge in [-0.3, -0.25) is 4.79 Å². The van der Waals surface area contributed by atoms with Gasteiger partial charge in [-0.25, -0.2) is 0 Å². The quantitative estimate of drug-likeness (QED) is 0.730. The normalized spacial score (nSPS) is 52.2. The predicted molar refractivity (Wildman–Crippen MR) is 93.9 cm³/mol. The van der Waals surface area contributed by atoms with Crippen molar-refractivity contribution in [3.63, 3.8) is 0 Å². The van der Waals surface area contributed by atoms with Crippen LogP contribution >= 0.6 is 0 Å². The third-order valence-corrected chi connectivity index (χ3v) is 8.85. The second kappa shape index (κ2) is 5.49. The van der Waals surface area contributed by atoms with Gasteiger partial charge in [-0.2, -0.15) is 0 Å². The number of carbonyl (C=O) groups excluding carboxylic acids is 1. The lowest BCUT2D eigenvalue weighted by molar-refractivity contribution is -0.124. The topological polar surface area (TPSA) is 29.1 Å². The van der Waals surface area contributed by atoms with E-state index in [1.54, 1.807) is 6.92 Å². The number of rotatable bonds is 1. The summed E-state index contributed by atoms with van der Waals surface area (Å²) >= 11 is 0. The summed E-state index contributed by atoms with van der Waals surface area (Å²) in [5.41, 5.74) is 1.24. The molecule has 7 atom stereocenters. The van der Waals surface area contributed by atoms with Crippen LogP contribution in [0.15, 0.2) is 0 Å². The van der Waals surface area contributed by atoms with Crippen molar-refractivity contribution in [3.05, 3.63) is 0 Å². The van der Waals surface area contributed by atoms with Gasteiger partial charge in [-0.05, 0) is 92.3 Å². The van der Waals surface area contributed by atoms with Gasteiger partial charge in [0.25, 0.3) is 0 Å². The van der Waals surface area contributed by atoms with E-state index < -0.39 is 0 Å². The number of fused-ring (bicyclic) bond motifs is 5. The van der Waals surface area contributed by atoms with Crippen molar-refractivity contribution in [3.8, 4) is 0 Å². The van der Waals surface area contributed by atoms with E-state index in [1.807, 2.05) is 0 Å². The van der Waals surface area contributed by atoms with Crippen LogP contribution in [-0.2, 0) is 4.79 Å². The maximum atomic E-state index is 11.4. The zero-order chi connectivity index (χ0) is 16.2. The van der Waals surface area contributed by atoms with Crippen molar-refractivity contribution in [1.82, 2.24) is 5.32 Å². The highest BCUT2D eigenvalue weighted by Gasteiger charge is 2.57. The van der Waals surface area contributed by atoms with Gasteiger partial charge in [0.05, 0.1) is 0 Å². The Morgan fingerprint density at radius 3 is 2.57 bits per heavy atom. The van der Waals surface area contributed by atoms with Crippen LogP contribution in [0.2, 0.25) is 0 Å². The van der Waals surface area contributed by atoms with Crippen molar-refractivity contribution >= 4 is 5.91 Å². The molecule has 4 aliphatic carbocycles. The van der Waals surface area contributed by atoms with Gasteiger partial charge in [-0.1, -0.05) is 20.3 Å². The van der Waals surface area contributed by atoms with Crippen LogP contribution < -0.4 is 5.32 Å². The molecule has 0 bridgehead atoms. The summed E-state index contributed by atoms with van der Waals surface area (Å²) in [6, 6.07) is 0.447. The molecule has 0 aromatic carbocycles. The van der Waals surface area contributed by atoms with Gasteiger partial charge in [0.15, 0.2) is 0 Å². The third-order valence-electron chi connectivity index (χ3n) is 8.85. The highest BCUT2D eigenvalue weighted by molar-refractivity contribution is 5.73. The molecule has 0 aromatic heterocycles. The molecule has 1 amide bonds. The standard InChI is InChI=1S/C21H35NO/c1-14(23)22-16-8-12-21(3)15(13-16)6-7-17-18-5-4-10-20(18,2)11-9-19(17)21/h15-19H,4-13H2,1-3H3,(H,22,23). The SMILES string of the molecule is CC(=O)NC1CCC2(C)C(CCC3C4CCCC4(C)CCC32)C1. The van der Waals surface area contributed by atoms with E-state index in [4.69, 9.17) is 0 Å². The van der Waals surface area contributed by atoms with Gasteiger partial charge < -0.3 is 5.32 Å². The molecule has 0 spiro atoms. The molecule has 2 nitrogen and oxygen atoms in total. The smallest absolute Gasteiger partial charge is 0.217 e. The molecule has 2 heteroatoms. The summed E-state index contributed by atoms with van der Waals surface area (Å²) in [7, 11) is 0. The first-order chi connectivity index (χ1) is 10.9. The molecule has 1 N–H and O–H groups in total. The Morgan fingerprint density at radius 1 is 0.957 bits per heavy atom. The van der Waals surface area contributed by atoms with Crippen LogP contribution in [0.4, 0.5) is 0 Å². The molecule has 0 radical (unpaired) electrons. The molecule has 23 heavy (non-hydrogen) atoms. The van der Waals surface area contributed by atoms with E-state index in [0.717, 1.165) is 23.7 Å². The van der Waals surface area contributed by atoms with E-state index in [9.17, 15) is 4.79 Å². The first-order valence-corrected chi connectivity index (χ1v) is 10.2. The maximum absolute atomic E-state index is 11.4. The summed E-state index contributed by atoms with van der Waals surface area (Å²) in [6.45, 7) is 6.89. The minimum absolute atomic E-state index is 0.159. The summed E-state index contributed by atoms with van der Waals surface area (Å²) < 4.78 is 0. The minimum Gasteiger partial charge on any atom is -0.354 e. The average molecular weight is 318 g/mol. The molecule has 130 valence electrons. The van der Waals surface area contributed by atoms with E-state index in [-0.39, 0.29) is 5.91 Å². The number of carbonyl (C=O) groups is 1. The second-order valence-corrected chi connectivity index (χ2v) is 9.91. The fourth-order valence-corrected chi connectivity index (χ4v) is 7.67. The van der Waals surface area contributed by atoms with Crippen molar-refractivity contribution in [1.29, 1.82) is 0 Å². The van der Waals surface area contributed by atoms with Gasteiger partial charge in [0.2, 0.25) is 5.91 Å². The Bertz CT molecular complexity index is 488. The molecule has 4 rings (SSSR count). The highest BCUT2D eigenvalue weighted by atomic mass is 16.1. The molecule has 4 fully saturated rings. The fourth-order valence-electron chi connectivity index (χ4n) is 7.67. The maximum Gasteiger partial charge on any atom is 0.217 e. The molecule has 0 aliphatic heterocycles. The van der Waals surface area contributed by atoms with Crippen LogP contribution in [0.5, 0.6) is 0 Å². The summed E-state index contributed by atoms with van der Waals surface area (Å²) in [5.74, 6) is 4.00. The van der Waals surface area contributed by atoms with E-state index in [0.29, 0.717) is 16.9 Å². The van der Waals surface area contributed by atoms with E-state index >= 15 is 0 Å². The number of nitrogens with one attached hydrogen (secondary N) is 1.